The topological polar surface area (TPSA) is 96.8 Å². The molecule has 7 nitrogen and oxygen atoms in total. The molecule has 1 fully saturated rings. The fourth-order valence-electron chi connectivity index (χ4n) is 3.44. The van der Waals surface area contributed by atoms with Gasteiger partial charge in [0, 0.05) is 18.3 Å². The first-order chi connectivity index (χ1) is 12.5. The molecule has 0 aliphatic carbocycles. The number of rotatable bonds is 3. The SMILES string of the molecule is Nc1nn2ccc(N3CCC[C@@H]3c3cc(F)ccc3F)nc2c1C(=O)O. The maximum atomic E-state index is 14.2. The Hall–Kier alpha value is -3.23. The van der Waals surface area contributed by atoms with E-state index in [-0.39, 0.29) is 28.6 Å². The lowest BCUT2D eigenvalue weighted by atomic mass is 10.0. The Morgan fingerprint density at radius 3 is 2.88 bits per heavy atom. The van der Waals surface area contributed by atoms with Crippen LogP contribution in [0.5, 0.6) is 0 Å². The van der Waals surface area contributed by atoms with Crippen molar-refractivity contribution < 1.29 is 18.7 Å². The molecule has 3 N–H and O–H groups in total. The summed E-state index contributed by atoms with van der Waals surface area (Å²) in [6.45, 7) is 0.593. The van der Waals surface area contributed by atoms with Crippen molar-refractivity contribution in [3.8, 4) is 0 Å². The van der Waals surface area contributed by atoms with Crippen molar-refractivity contribution in [2.75, 3.05) is 17.2 Å². The number of hydrogen-bond donors (Lipinski definition) is 2. The van der Waals surface area contributed by atoms with Gasteiger partial charge in [-0.15, -0.1) is 5.10 Å². The summed E-state index contributed by atoms with van der Waals surface area (Å²) in [5, 5.41) is 13.3. The monoisotopic (exact) mass is 359 g/mol. The average Bonchev–Trinajstić information content (AvgIpc) is 3.19. The number of fused-ring (bicyclic) bond motifs is 1. The highest BCUT2D eigenvalue weighted by atomic mass is 19.1. The zero-order chi connectivity index (χ0) is 18.4. The van der Waals surface area contributed by atoms with E-state index in [9.17, 15) is 18.7 Å². The van der Waals surface area contributed by atoms with Gasteiger partial charge in [0.25, 0.3) is 0 Å². The van der Waals surface area contributed by atoms with Gasteiger partial charge in [-0.05, 0) is 37.1 Å². The number of hydrogen-bond acceptors (Lipinski definition) is 5. The van der Waals surface area contributed by atoms with Gasteiger partial charge in [-0.3, -0.25) is 0 Å². The molecule has 3 heterocycles. The Labute approximate surface area is 146 Å². The molecule has 134 valence electrons. The Morgan fingerprint density at radius 1 is 1.31 bits per heavy atom. The minimum Gasteiger partial charge on any atom is -0.477 e. The van der Waals surface area contributed by atoms with Crippen molar-refractivity contribution in [2.45, 2.75) is 18.9 Å². The molecule has 1 atom stereocenters. The number of nitrogen functional groups attached to an aromatic ring is 1. The lowest BCUT2D eigenvalue weighted by Crippen LogP contribution is -2.24. The summed E-state index contributed by atoms with van der Waals surface area (Å²) in [5.41, 5.74) is 5.84. The van der Waals surface area contributed by atoms with Crippen LogP contribution >= 0.6 is 0 Å². The molecule has 0 amide bonds. The normalized spacial score (nSPS) is 17.2. The van der Waals surface area contributed by atoms with E-state index in [2.05, 4.69) is 10.1 Å². The second-order valence-electron chi connectivity index (χ2n) is 6.14. The van der Waals surface area contributed by atoms with E-state index in [1.165, 1.54) is 10.6 Å². The minimum absolute atomic E-state index is 0.109. The van der Waals surface area contributed by atoms with Crippen LogP contribution in [0.4, 0.5) is 20.4 Å². The highest BCUT2D eigenvalue weighted by Crippen LogP contribution is 2.37. The van der Waals surface area contributed by atoms with E-state index < -0.39 is 17.6 Å². The predicted molar refractivity (Wildman–Crippen MR) is 90.0 cm³/mol. The molecule has 0 radical (unpaired) electrons. The maximum absolute atomic E-state index is 14.2. The number of aromatic nitrogens is 3. The number of aromatic carboxylic acids is 1. The average molecular weight is 359 g/mol. The van der Waals surface area contributed by atoms with Crippen molar-refractivity contribution >= 4 is 23.3 Å². The fourth-order valence-corrected chi connectivity index (χ4v) is 3.44. The lowest BCUT2D eigenvalue weighted by Gasteiger charge is -2.26. The second kappa shape index (κ2) is 5.94. The van der Waals surface area contributed by atoms with Gasteiger partial charge in [-0.2, -0.15) is 0 Å². The van der Waals surface area contributed by atoms with Gasteiger partial charge in [0.2, 0.25) is 0 Å². The van der Waals surface area contributed by atoms with Crippen molar-refractivity contribution in [2.24, 2.45) is 0 Å². The molecule has 1 aliphatic heterocycles. The van der Waals surface area contributed by atoms with E-state index in [1.807, 2.05) is 4.90 Å². The molecule has 4 rings (SSSR count). The molecule has 9 heteroatoms. The first kappa shape index (κ1) is 16.2. The minimum atomic E-state index is -1.23. The summed E-state index contributed by atoms with van der Waals surface area (Å²) >= 11 is 0. The van der Waals surface area contributed by atoms with E-state index in [4.69, 9.17) is 5.73 Å². The Morgan fingerprint density at radius 2 is 2.12 bits per heavy atom. The standard InChI is InChI=1S/C17H15F2N5O2/c18-9-3-4-11(19)10(8-9)12-2-1-6-23(12)13-5-7-24-16(21-13)14(17(25)26)15(20)22-24/h3-5,7-8,12H,1-2,6H2,(H2,20,22)(H,25,26)/t12-/m1/s1. The highest BCUT2D eigenvalue weighted by molar-refractivity contribution is 5.99. The van der Waals surface area contributed by atoms with Gasteiger partial charge in [-0.25, -0.2) is 23.1 Å². The van der Waals surface area contributed by atoms with Crippen LogP contribution in [0.2, 0.25) is 0 Å². The largest absolute Gasteiger partial charge is 0.477 e. The van der Waals surface area contributed by atoms with Crippen LogP contribution in [0.25, 0.3) is 5.65 Å². The zero-order valence-corrected chi connectivity index (χ0v) is 13.6. The number of anilines is 2. The summed E-state index contributed by atoms with van der Waals surface area (Å²) in [5.74, 6) is -1.88. The molecule has 0 bridgehead atoms. The number of benzene rings is 1. The molecule has 0 spiro atoms. The van der Waals surface area contributed by atoms with Gasteiger partial charge >= 0.3 is 5.97 Å². The van der Waals surface area contributed by atoms with Gasteiger partial charge < -0.3 is 15.7 Å². The molecule has 26 heavy (non-hydrogen) atoms. The molecule has 1 aliphatic rings. The second-order valence-corrected chi connectivity index (χ2v) is 6.14. The molecule has 1 saturated heterocycles. The number of carboxylic acid groups (broad SMARTS) is 1. The Bertz CT molecular complexity index is 1020. The molecule has 0 unspecified atom stereocenters. The van der Waals surface area contributed by atoms with Crippen molar-refractivity contribution in [1.82, 2.24) is 14.6 Å². The fraction of sp³-hybridized carbons (Fsp3) is 0.235. The molecule has 0 saturated carbocycles. The highest BCUT2D eigenvalue weighted by Gasteiger charge is 2.30. The van der Waals surface area contributed by atoms with E-state index in [0.717, 1.165) is 18.6 Å². The van der Waals surface area contributed by atoms with Crippen LogP contribution in [0.1, 0.15) is 34.8 Å². The van der Waals surface area contributed by atoms with Crippen LogP contribution in [-0.2, 0) is 0 Å². The van der Waals surface area contributed by atoms with Gasteiger partial charge in [-0.1, -0.05) is 0 Å². The van der Waals surface area contributed by atoms with Crippen LogP contribution < -0.4 is 10.6 Å². The molecule has 2 aromatic heterocycles. The third-order valence-electron chi connectivity index (χ3n) is 4.58. The van der Waals surface area contributed by atoms with Gasteiger partial charge in [0.1, 0.15) is 23.0 Å². The summed E-state index contributed by atoms with van der Waals surface area (Å²) in [6.07, 6.45) is 2.97. The number of carboxylic acids is 1. The van der Waals surface area contributed by atoms with Crippen LogP contribution in [0.15, 0.2) is 30.5 Å². The Balaban J connectivity index is 1.80. The van der Waals surface area contributed by atoms with Crippen molar-refractivity contribution in [3.63, 3.8) is 0 Å². The number of nitrogens with zero attached hydrogens (tertiary/aromatic N) is 4. The molecule has 1 aromatic carbocycles. The first-order valence-electron chi connectivity index (χ1n) is 8.05. The number of carbonyl (C=O) groups is 1. The summed E-state index contributed by atoms with van der Waals surface area (Å²) in [4.78, 5) is 17.6. The maximum Gasteiger partial charge on any atom is 0.343 e. The molecular weight excluding hydrogens is 344 g/mol. The van der Waals surface area contributed by atoms with E-state index in [0.29, 0.717) is 18.8 Å². The quantitative estimate of drug-likeness (QED) is 0.746. The van der Waals surface area contributed by atoms with Crippen LogP contribution in [0, 0.1) is 11.6 Å². The van der Waals surface area contributed by atoms with Crippen molar-refractivity contribution in [1.29, 1.82) is 0 Å². The molecular formula is C17H15F2N5O2. The lowest BCUT2D eigenvalue weighted by molar-refractivity contribution is 0.0700. The summed E-state index contributed by atoms with van der Waals surface area (Å²) in [6, 6.07) is 4.65. The van der Waals surface area contributed by atoms with Crippen LogP contribution in [0.3, 0.4) is 0 Å². The Kier molecular flexibility index (Phi) is 3.71. The van der Waals surface area contributed by atoms with E-state index in [1.54, 1.807) is 12.3 Å². The van der Waals surface area contributed by atoms with Gasteiger partial charge in [0.15, 0.2) is 11.5 Å². The predicted octanol–water partition coefficient (Wildman–Crippen LogP) is 2.63. The number of halogens is 2. The zero-order valence-electron chi connectivity index (χ0n) is 13.6. The smallest absolute Gasteiger partial charge is 0.343 e. The summed E-state index contributed by atoms with van der Waals surface area (Å²) < 4.78 is 29.1. The van der Waals surface area contributed by atoms with Crippen molar-refractivity contribution in [3.05, 3.63) is 53.2 Å². The van der Waals surface area contributed by atoms with Gasteiger partial charge in [0.05, 0.1) is 6.04 Å². The van der Waals surface area contributed by atoms with E-state index >= 15 is 0 Å². The first-order valence-corrected chi connectivity index (χ1v) is 8.05. The third kappa shape index (κ3) is 2.52. The third-order valence-corrected chi connectivity index (χ3v) is 4.58. The molecule has 3 aromatic rings. The van der Waals surface area contributed by atoms with Crippen LogP contribution in [-0.4, -0.2) is 32.2 Å². The summed E-state index contributed by atoms with van der Waals surface area (Å²) in [7, 11) is 0. The number of nitrogens with two attached hydrogens (primary N) is 1.